The summed E-state index contributed by atoms with van der Waals surface area (Å²) in [5.74, 6) is 1.05. The van der Waals surface area contributed by atoms with E-state index in [1.807, 2.05) is 0 Å². The molecule has 124 valence electrons. The Balaban J connectivity index is 1.64. The molecule has 1 fully saturated rings. The lowest BCUT2D eigenvalue weighted by Gasteiger charge is -2.34. The van der Waals surface area contributed by atoms with Crippen molar-refractivity contribution < 1.29 is 0 Å². The molecule has 0 N–H and O–H groups in total. The molecule has 3 rings (SSSR count). The van der Waals surface area contributed by atoms with Crippen molar-refractivity contribution in [1.29, 1.82) is 0 Å². The second-order valence-corrected chi connectivity index (χ2v) is 7.48. The molecule has 0 aliphatic carbocycles. The molecular formula is C17H24N4OS. The maximum atomic E-state index is 12.6. The highest BCUT2D eigenvalue weighted by Gasteiger charge is 2.21. The van der Waals surface area contributed by atoms with Crippen molar-refractivity contribution in [1.82, 2.24) is 14.5 Å². The number of rotatable bonds is 5. The third kappa shape index (κ3) is 4.00. The molecule has 0 aromatic carbocycles. The van der Waals surface area contributed by atoms with Crippen LogP contribution in [-0.2, 0) is 13.1 Å². The van der Waals surface area contributed by atoms with Crippen molar-refractivity contribution in [2.75, 3.05) is 31.1 Å². The molecule has 2 aromatic heterocycles. The summed E-state index contributed by atoms with van der Waals surface area (Å²) in [5, 5.41) is 2.12. The molecule has 23 heavy (non-hydrogen) atoms. The molecule has 6 heteroatoms. The second-order valence-electron chi connectivity index (χ2n) is 6.44. The smallest absolute Gasteiger partial charge is 0.293 e. The quantitative estimate of drug-likeness (QED) is 0.842. The molecule has 5 nitrogen and oxygen atoms in total. The SMILES string of the molecule is CC(C)Cn1ccnc(N2CCN(Cc3cccs3)CC2)c1=O. The van der Waals surface area contributed by atoms with E-state index in [9.17, 15) is 4.79 Å². The van der Waals surface area contributed by atoms with E-state index in [0.29, 0.717) is 11.7 Å². The summed E-state index contributed by atoms with van der Waals surface area (Å²) < 4.78 is 1.78. The highest BCUT2D eigenvalue weighted by molar-refractivity contribution is 7.09. The molecule has 2 aromatic rings. The van der Waals surface area contributed by atoms with Gasteiger partial charge in [-0.15, -0.1) is 11.3 Å². The summed E-state index contributed by atoms with van der Waals surface area (Å²) in [5.41, 5.74) is 0.0351. The minimum atomic E-state index is 0.0351. The van der Waals surface area contributed by atoms with E-state index < -0.39 is 0 Å². The fourth-order valence-corrected chi connectivity index (χ4v) is 3.68. The van der Waals surface area contributed by atoms with Crippen LogP contribution in [0.25, 0.3) is 0 Å². The van der Waals surface area contributed by atoms with Gasteiger partial charge in [-0.3, -0.25) is 9.69 Å². The Bertz CT molecular complexity index is 672. The topological polar surface area (TPSA) is 41.4 Å². The van der Waals surface area contributed by atoms with Gasteiger partial charge in [0.15, 0.2) is 5.82 Å². The van der Waals surface area contributed by atoms with Crippen LogP contribution < -0.4 is 10.5 Å². The van der Waals surface area contributed by atoms with Crippen LogP contribution >= 0.6 is 11.3 Å². The Morgan fingerprint density at radius 1 is 1.26 bits per heavy atom. The first-order valence-electron chi connectivity index (χ1n) is 8.18. The van der Waals surface area contributed by atoms with E-state index in [4.69, 9.17) is 0 Å². The Morgan fingerprint density at radius 3 is 2.70 bits per heavy atom. The lowest BCUT2D eigenvalue weighted by atomic mass is 10.2. The summed E-state index contributed by atoms with van der Waals surface area (Å²) in [6, 6.07) is 4.28. The van der Waals surface area contributed by atoms with Crippen molar-refractivity contribution >= 4 is 17.2 Å². The number of nitrogens with zero attached hydrogens (tertiary/aromatic N) is 4. The predicted molar refractivity (Wildman–Crippen MR) is 95.1 cm³/mol. The van der Waals surface area contributed by atoms with Crippen LogP contribution in [0.5, 0.6) is 0 Å². The van der Waals surface area contributed by atoms with E-state index in [2.05, 4.69) is 46.1 Å². The number of hydrogen-bond acceptors (Lipinski definition) is 5. The van der Waals surface area contributed by atoms with Crippen molar-refractivity contribution in [2.45, 2.75) is 26.9 Å². The maximum Gasteiger partial charge on any atom is 0.293 e. The first-order chi connectivity index (χ1) is 11.1. The zero-order valence-electron chi connectivity index (χ0n) is 13.8. The van der Waals surface area contributed by atoms with E-state index in [0.717, 1.165) is 39.3 Å². The molecule has 0 amide bonds. The molecule has 1 aliphatic heterocycles. The molecule has 1 saturated heterocycles. The first kappa shape index (κ1) is 16.2. The molecule has 3 heterocycles. The van der Waals surface area contributed by atoms with E-state index in [-0.39, 0.29) is 5.56 Å². The van der Waals surface area contributed by atoms with Crippen LogP contribution in [0.4, 0.5) is 5.82 Å². The zero-order chi connectivity index (χ0) is 16.2. The number of aromatic nitrogens is 2. The Kier molecular flexibility index (Phi) is 5.13. The summed E-state index contributed by atoms with van der Waals surface area (Å²) in [4.78, 5) is 22.9. The monoisotopic (exact) mass is 332 g/mol. The van der Waals surface area contributed by atoms with Gasteiger partial charge in [-0.1, -0.05) is 19.9 Å². The standard InChI is InChI=1S/C17H24N4OS/c1-14(2)12-21-6-5-18-16(17(21)22)20-9-7-19(8-10-20)13-15-4-3-11-23-15/h3-6,11,14H,7-10,12-13H2,1-2H3. The molecule has 0 saturated carbocycles. The molecule has 0 radical (unpaired) electrons. The van der Waals surface area contributed by atoms with E-state index in [1.54, 1.807) is 28.3 Å². The molecular weight excluding hydrogens is 308 g/mol. The summed E-state index contributed by atoms with van der Waals surface area (Å²) in [6.07, 6.45) is 3.54. The van der Waals surface area contributed by atoms with Crippen molar-refractivity contribution in [3.8, 4) is 0 Å². The molecule has 0 spiro atoms. The minimum absolute atomic E-state index is 0.0351. The fraction of sp³-hybridized carbons (Fsp3) is 0.529. The van der Waals surface area contributed by atoms with Gasteiger partial charge in [0.1, 0.15) is 0 Å². The van der Waals surface area contributed by atoms with Gasteiger partial charge < -0.3 is 9.47 Å². The summed E-state index contributed by atoms with van der Waals surface area (Å²) in [6.45, 7) is 9.65. The first-order valence-corrected chi connectivity index (χ1v) is 9.06. The lowest BCUT2D eigenvalue weighted by Crippen LogP contribution is -2.48. The van der Waals surface area contributed by atoms with Gasteiger partial charge in [-0.2, -0.15) is 0 Å². The molecule has 0 unspecified atom stereocenters. The highest BCUT2D eigenvalue weighted by Crippen LogP contribution is 2.15. The molecule has 1 aliphatic rings. The van der Waals surface area contributed by atoms with Gasteiger partial charge in [0.2, 0.25) is 0 Å². The Morgan fingerprint density at radius 2 is 2.04 bits per heavy atom. The van der Waals surface area contributed by atoms with E-state index >= 15 is 0 Å². The van der Waals surface area contributed by atoms with Crippen LogP contribution in [0.15, 0.2) is 34.7 Å². The maximum absolute atomic E-state index is 12.6. The van der Waals surface area contributed by atoms with E-state index in [1.165, 1.54) is 4.88 Å². The largest absolute Gasteiger partial charge is 0.349 e. The van der Waals surface area contributed by atoms with Crippen molar-refractivity contribution in [2.24, 2.45) is 5.92 Å². The van der Waals surface area contributed by atoms with Gasteiger partial charge in [-0.25, -0.2) is 4.98 Å². The minimum Gasteiger partial charge on any atom is -0.349 e. The predicted octanol–water partition coefficient (Wildman–Crippen LogP) is 2.28. The zero-order valence-corrected chi connectivity index (χ0v) is 14.6. The third-order valence-corrected chi connectivity index (χ3v) is 4.95. The fourth-order valence-electron chi connectivity index (χ4n) is 2.93. The average molecular weight is 332 g/mol. The Hall–Kier alpha value is -1.66. The van der Waals surface area contributed by atoms with Crippen LogP contribution in [-0.4, -0.2) is 40.6 Å². The van der Waals surface area contributed by atoms with Gasteiger partial charge in [0.25, 0.3) is 5.56 Å². The lowest BCUT2D eigenvalue weighted by molar-refractivity contribution is 0.251. The highest BCUT2D eigenvalue weighted by atomic mass is 32.1. The molecule has 0 atom stereocenters. The number of thiophene rings is 1. The number of hydrogen-bond donors (Lipinski definition) is 0. The van der Waals surface area contributed by atoms with Gasteiger partial charge in [-0.05, 0) is 17.4 Å². The van der Waals surface area contributed by atoms with Crippen molar-refractivity contribution in [3.05, 3.63) is 45.1 Å². The van der Waals surface area contributed by atoms with Crippen LogP contribution in [0.3, 0.4) is 0 Å². The third-order valence-electron chi connectivity index (χ3n) is 4.09. The summed E-state index contributed by atoms with van der Waals surface area (Å²) in [7, 11) is 0. The molecule has 0 bridgehead atoms. The average Bonchev–Trinajstić information content (AvgIpc) is 3.03. The van der Waals surface area contributed by atoms with Crippen molar-refractivity contribution in [3.63, 3.8) is 0 Å². The summed E-state index contributed by atoms with van der Waals surface area (Å²) >= 11 is 1.80. The number of anilines is 1. The van der Waals surface area contributed by atoms with Gasteiger partial charge in [0.05, 0.1) is 0 Å². The second kappa shape index (κ2) is 7.27. The van der Waals surface area contributed by atoms with Gasteiger partial charge >= 0.3 is 0 Å². The van der Waals surface area contributed by atoms with Crippen LogP contribution in [0.1, 0.15) is 18.7 Å². The van der Waals surface area contributed by atoms with Crippen LogP contribution in [0.2, 0.25) is 0 Å². The Labute approximate surface area is 141 Å². The van der Waals surface area contributed by atoms with Gasteiger partial charge in [0, 0.05) is 56.5 Å². The normalized spacial score (nSPS) is 16.2. The van der Waals surface area contributed by atoms with Crippen LogP contribution in [0, 0.1) is 5.92 Å². The number of piperazine rings is 1.